The van der Waals surface area contributed by atoms with Crippen LogP contribution in [-0.4, -0.2) is 35.6 Å². The van der Waals surface area contributed by atoms with Crippen LogP contribution in [0.4, 0.5) is 17.5 Å². The van der Waals surface area contributed by atoms with E-state index >= 15 is 0 Å². The Morgan fingerprint density at radius 2 is 1.81 bits per heavy atom. The average molecular weight is 490 g/mol. The third-order valence-electron chi connectivity index (χ3n) is 4.64. The summed E-state index contributed by atoms with van der Waals surface area (Å²) in [7, 11) is -3.50. The van der Waals surface area contributed by atoms with Gasteiger partial charge in [-0.15, -0.1) is 11.8 Å². The van der Waals surface area contributed by atoms with Gasteiger partial charge in [-0.25, -0.2) is 18.8 Å². The number of benzene rings is 2. The van der Waals surface area contributed by atoms with Gasteiger partial charge in [-0.3, -0.25) is 0 Å². The van der Waals surface area contributed by atoms with E-state index in [-0.39, 0.29) is 21.7 Å². The second-order valence-electron chi connectivity index (χ2n) is 7.14. The summed E-state index contributed by atoms with van der Waals surface area (Å²) < 4.78 is 25.4. The van der Waals surface area contributed by atoms with Gasteiger partial charge in [0.15, 0.2) is 15.7 Å². The fourth-order valence-electron chi connectivity index (χ4n) is 2.74. The van der Waals surface area contributed by atoms with Crippen LogP contribution < -0.4 is 10.7 Å². The minimum atomic E-state index is -3.50. The van der Waals surface area contributed by atoms with Crippen molar-refractivity contribution in [3.63, 3.8) is 0 Å². The monoisotopic (exact) mass is 489 g/mol. The molecule has 3 aromatic rings. The first-order valence-corrected chi connectivity index (χ1v) is 12.9. The summed E-state index contributed by atoms with van der Waals surface area (Å²) in [6, 6.07) is 14.7. The number of anilines is 3. The van der Waals surface area contributed by atoms with E-state index < -0.39 is 15.1 Å². The zero-order valence-corrected chi connectivity index (χ0v) is 20.5. The Labute approximate surface area is 197 Å². The Hall–Kier alpha value is -2.62. The third kappa shape index (κ3) is 5.59. The fourth-order valence-corrected chi connectivity index (χ4v) is 4.49. The van der Waals surface area contributed by atoms with Gasteiger partial charge in [0.25, 0.3) is 0 Å². The molecule has 0 saturated carbocycles. The average Bonchev–Trinajstić information content (AvgIpc) is 2.79. The number of para-hydroxylation sites is 1. The van der Waals surface area contributed by atoms with Crippen LogP contribution in [0.3, 0.4) is 0 Å². The summed E-state index contributed by atoms with van der Waals surface area (Å²) in [5.41, 5.74) is 4.95. The van der Waals surface area contributed by atoms with Crippen LogP contribution in [0.5, 0.6) is 0 Å². The first-order chi connectivity index (χ1) is 15.2. The van der Waals surface area contributed by atoms with E-state index in [4.69, 9.17) is 11.6 Å². The summed E-state index contributed by atoms with van der Waals surface area (Å²) in [6.45, 7) is 5.16. The first kappa shape index (κ1) is 24.0. The van der Waals surface area contributed by atoms with Crippen molar-refractivity contribution in [1.29, 1.82) is 0 Å². The van der Waals surface area contributed by atoms with E-state index in [0.717, 1.165) is 11.3 Å². The van der Waals surface area contributed by atoms with Gasteiger partial charge in [-0.05, 0) is 56.9 Å². The van der Waals surface area contributed by atoms with Crippen LogP contribution in [0.25, 0.3) is 0 Å². The molecule has 7 nitrogen and oxygen atoms in total. The van der Waals surface area contributed by atoms with E-state index in [9.17, 15) is 8.42 Å². The Balaban J connectivity index is 1.84. The van der Waals surface area contributed by atoms with Crippen molar-refractivity contribution in [2.75, 3.05) is 17.0 Å². The van der Waals surface area contributed by atoms with Crippen molar-refractivity contribution in [2.45, 2.75) is 35.8 Å². The van der Waals surface area contributed by atoms with Gasteiger partial charge in [0.1, 0.15) is 5.02 Å². The number of aromatic nitrogens is 2. The quantitative estimate of drug-likeness (QED) is 0.241. The Morgan fingerprint density at radius 1 is 1.12 bits per heavy atom. The molecular formula is C22H24ClN5O2S2. The molecule has 2 aromatic carbocycles. The molecule has 0 spiro atoms. The van der Waals surface area contributed by atoms with Crippen LogP contribution in [0.1, 0.15) is 26.3 Å². The van der Waals surface area contributed by atoms with Gasteiger partial charge in [0.05, 0.1) is 27.7 Å². The highest BCUT2D eigenvalue weighted by molar-refractivity contribution is 7.98. The maximum Gasteiger partial charge on any atom is 0.245 e. The highest BCUT2D eigenvalue weighted by Gasteiger charge is 2.23. The van der Waals surface area contributed by atoms with Crippen molar-refractivity contribution in [3.05, 3.63) is 65.3 Å². The number of hydrogen-bond donors (Lipinski definition) is 2. The predicted octanol–water partition coefficient (Wildman–Crippen LogP) is 5.61. The zero-order chi connectivity index (χ0) is 23.3. The van der Waals surface area contributed by atoms with Crippen LogP contribution in [0.2, 0.25) is 5.02 Å². The van der Waals surface area contributed by atoms with Crippen molar-refractivity contribution >= 4 is 56.4 Å². The van der Waals surface area contributed by atoms with Crippen LogP contribution in [0.15, 0.2) is 69.6 Å². The molecule has 32 heavy (non-hydrogen) atoms. The lowest BCUT2D eigenvalue weighted by atomic mass is 10.1. The minimum Gasteiger partial charge on any atom is -0.338 e. The van der Waals surface area contributed by atoms with Gasteiger partial charge < -0.3 is 5.32 Å². The van der Waals surface area contributed by atoms with Gasteiger partial charge >= 0.3 is 0 Å². The number of halogens is 1. The molecule has 2 N–H and O–H groups in total. The number of nitrogens with zero attached hydrogens (tertiary/aromatic N) is 3. The fraction of sp³-hybridized carbons (Fsp3) is 0.227. The number of hydrogen-bond acceptors (Lipinski definition) is 8. The molecule has 0 aliphatic carbocycles. The smallest absolute Gasteiger partial charge is 0.245 e. The maximum atomic E-state index is 12.7. The molecule has 1 heterocycles. The van der Waals surface area contributed by atoms with E-state index in [2.05, 4.69) is 25.8 Å². The molecule has 0 atom stereocenters. The molecular weight excluding hydrogens is 466 g/mol. The molecule has 0 bridgehead atoms. The molecule has 0 saturated heterocycles. The van der Waals surface area contributed by atoms with Crippen molar-refractivity contribution in [3.8, 4) is 0 Å². The Kier molecular flexibility index (Phi) is 7.76. The van der Waals surface area contributed by atoms with E-state index in [0.29, 0.717) is 5.69 Å². The van der Waals surface area contributed by atoms with Gasteiger partial charge in [0.2, 0.25) is 5.95 Å². The summed E-state index contributed by atoms with van der Waals surface area (Å²) in [6.07, 6.45) is 3.45. The summed E-state index contributed by atoms with van der Waals surface area (Å²) in [5, 5.41) is 7.05. The number of rotatable bonds is 8. The van der Waals surface area contributed by atoms with Gasteiger partial charge in [-0.2, -0.15) is 10.1 Å². The normalized spacial score (nSPS) is 12.1. The molecule has 0 aliphatic heterocycles. The molecule has 0 unspecified atom stereocenters. The predicted molar refractivity (Wildman–Crippen MR) is 133 cm³/mol. The summed E-state index contributed by atoms with van der Waals surface area (Å²) >= 11 is 7.93. The molecule has 0 fully saturated rings. The maximum absolute atomic E-state index is 12.7. The van der Waals surface area contributed by atoms with Gasteiger partial charge in [0, 0.05) is 4.90 Å². The summed E-state index contributed by atoms with van der Waals surface area (Å²) in [4.78, 5) is 9.86. The highest BCUT2D eigenvalue weighted by Crippen LogP contribution is 2.30. The molecule has 1 aromatic heterocycles. The molecule has 10 heteroatoms. The topological polar surface area (TPSA) is 96.3 Å². The third-order valence-corrected chi connectivity index (χ3v) is 7.87. The standard InChI is InChI=1S/C22H24ClN5O2S2/c1-14(2)32(29,30)20-8-6-5-7-19(20)25-21-18(23)13-24-22(26-21)28-27-15(3)16-9-11-17(31-4)12-10-16/h5-14H,1-4H3,(H2,24,25,26,28)/b27-15+. The SMILES string of the molecule is CSc1ccc(/C(C)=N/Nc2ncc(Cl)c(Nc3ccccc3S(=O)(=O)C(C)C)n2)cc1. The van der Waals surface area contributed by atoms with Crippen molar-refractivity contribution in [2.24, 2.45) is 5.10 Å². The number of nitrogens with one attached hydrogen (secondary N) is 2. The van der Waals surface area contributed by atoms with E-state index in [1.165, 1.54) is 11.1 Å². The molecule has 0 amide bonds. The lowest BCUT2D eigenvalue weighted by Gasteiger charge is -2.15. The molecule has 168 valence electrons. The van der Waals surface area contributed by atoms with Gasteiger partial charge in [-0.1, -0.05) is 35.9 Å². The van der Waals surface area contributed by atoms with Crippen LogP contribution >= 0.6 is 23.4 Å². The summed E-state index contributed by atoms with van der Waals surface area (Å²) in [5.74, 6) is 0.494. The lowest BCUT2D eigenvalue weighted by Crippen LogP contribution is -2.15. The zero-order valence-electron chi connectivity index (χ0n) is 18.1. The van der Waals surface area contributed by atoms with Crippen molar-refractivity contribution < 1.29 is 8.42 Å². The Morgan fingerprint density at radius 3 is 2.47 bits per heavy atom. The van der Waals surface area contributed by atoms with Crippen molar-refractivity contribution in [1.82, 2.24) is 9.97 Å². The Bertz CT molecular complexity index is 1230. The van der Waals surface area contributed by atoms with Crippen LogP contribution in [0, 0.1) is 0 Å². The highest BCUT2D eigenvalue weighted by atomic mass is 35.5. The first-order valence-electron chi connectivity index (χ1n) is 9.79. The van der Waals surface area contributed by atoms with E-state index in [1.54, 1.807) is 49.9 Å². The lowest BCUT2D eigenvalue weighted by molar-refractivity contribution is 0.588. The number of thioether (sulfide) groups is 1. The largest absolute Gasteiger partial charge is 0.338 e. The number of sulfone groups is 1. The number of hydrazone groups is 1. The molecule has 0 radical (unpaired) electrons. The second-order valence-corrected chi connectivity index (χ2v) is 10.9. The van der Waals surface area contributed by atoms with E-state index in [1.807, 2.05) is 37.4 Å². The van der Waals surface area contributed by atoms with Crippen LogP contribution in [-0.2, 0) is 9.84 Å². The molecule has 0 aliphatic rings. The molecule has 3 rings (SSSR count). The second kappa shape index (κ2) is 10.3. The minimum absolute atomic E-state index is 0.182.